The third-order valence-corrected chi connectivity index (χ3v) is 6.10. The zero-order chi connectivity index (χ0) is 27.1. The molecule has 36 heavy (non-hydrogen) atoms. The van der Waals surface area contributed by atoms with Gasteiger partial charge in [-0.2, -0.15) is 13.2 Å². The fraction of sp³-hybridized carbons (Fsp3) is 0.522. The molecule has 13 heteroatoms. The molecule has 1 heterocycles. The standard InChI is InChI=1S/C23H28F5N5O2S/c1-11-5-16(18(34)32-33-20(36)30-13-8-22(35,9-13)19(24)25)31-17-14(11)6-12(29-10-23(26,27)28)7-15(17)21(2,3)4/h5-7,13,19,29,35H,8-10H2,1-4H3,(H,32,34)(H2,30,33,36). The highest BCUT2D eigenvalue weighted by Gasteiger charge is 2.50. The van der Waals surface area contributed by atoms with Gasteiger partial charge in [-0.05, 0) is 53.9 Å². The zero-order valence-corrected chi connectivity index (χ0v) is 20.9. The van der Waals surface area contributed by atoms with Crippen molar-refractivity contribution in [2.45, 2.75) is 70.2 Å². The maximum Gasteiger partial charge on any atom is 0.405 e. The highest BCUT2D eigenvalue weighted by molar-refractivity contribution is 7.80. The molecule has 1 fully saturated rings. The molecule has 0 radical (unpaired) electrons. The number of fused-ring (bicyclic) bond motifs is 1. The van der Waals surface area contributed by atoms with Crippen LogP contribution in [0.15, 0.2) is 18.2 Å². The number of anilines is 1. The van der Waals surface area contributed by atoms with Gasteiger partial charge in [0, 0.05) is 30.0 Å². The van der Waals surface area contributed by atoms with Crippen molar-refractivity contribution in [3.63, 3.8) is 0 Å². The summed E-state index contributed by atoms with van der Waals surface area (Å²) in [7, 11) is 0. The summed E-state index contributed by atoms with van der Waals surface area (Å²) in [4.78, 5) is 17.2. The molecule has 0 bridgehead atoms. The van der Waals surface area contributed by atoms with Crippen LogP contribution in [0.5, 0.6) is 0 Å². The molecular formula is C23H28F5N5O2S. The quantitative estimate of drug-likeness (QED) is 0.225. The molecule has 0 atom stereocenters. The van der Waals surface area contributed by atoms with Gasteiger partial charge in [0.05, 0.1) is 5.52 Å². The first kappa shape index (κ1) is 27.8. The van der Waals surface area contributed by atoms with E-state index in [4.69, 9.17) is 12.2 Å². The Morgan fingerprint density at radius 3 is 2.39 bits per heavy atom. The molecule has 1 aliphatic rings. The molecule has 7 nitrogen and oxygen atoms in total. The Labute approximate surface area is 210 Å². The highest BCUT2D eigenvalue weighted by Crippen LogP contribution is 2.37. The molecule has 198 valence electrons. The predicted octanol–water partition coefficient (Wildman–Crippen LogP) is 4.08. The monoisotopic (exact) mass is 533 g/mol. The van der Waals surface area contributed by atoms with E-state index in [9.17, 15) is 31.9 Å². The molecule has 3 rings (SSSR count). The van der Waals surface area contributed by atoms with Crippen LogP contribution in [0, 0.1) is 6.92 Å². The average Bonchev–Trinajstić information content (AvgIpc) is 2.73. The number of hydrogen-bond donors (Lipinski definition) is 5. The number of thiocarbonyl (C=S) groups is 1. The molecule has 0 saturated heterocycles. The third kappa shape index (κ3) is 6.49. The summed E-state index contributed by atoms with van der Waals surface area (Å²) in [6.45, 7) is 6.21. The van der Waals surface area contributed by atoms with Crippen LogP contribution >= 0.6 is 12.2 Å². The Morgan fingerprint density at radius 1 is 1.19 bits per heavy atom. The number of pyridine rings is 1. The van der Waals surface area contributed by atoms with E-state index in [2.05, 4.69) is 26.5 Å². The predicted molar refractivity (Wildman–Crippen MR) is 130 cm³/mol. The average molecular weight is 534 g/mol. The largest absolute Gasteiger partial charge is 0.405 e. The minimum absolute atomic E-state index is 0.0158. The van der Waals surface area contributed by atoms with Crippen LogP contribution in [0.4, 0.5) is 27.6 Å². The van der Waals surface area contributed by atoms with Gasteiger partial charge in [0.15, 0.2) is 5.11 Å². The van der Waals surface area contributed by atoms with Crippen LogP contribution in [0.25, 0.3) is 10.9 Å². The number of rotatable bonds is 5. The summed E-state index contributed by atoms with van der Waals surface area (Å²) in [6.07, 6.45) is -7.59. The van der Waals surface area contributed by atoms with Crippen molar-refractivity contribution in [1.29, 1.82) is 0 Å². The number of hydrazine groups is 1. The minimum atomic E-state index is -4.38. The first-order valence-electron chi connectivity index (χ1n) is 11.1. The molecule has 0 spiro atoms. The molecule has 0 unspecified atom stereocenters. The summed E-state index contributed by atoms with van der Waals surface area (Å²) in [5.41, 5.74) is 4.46. The second kappa shape index (κ2) is 9.92. The van der Waals surface area contributed by atoms with Gasteiger partial charge >= 0.3 is 6.18 Å². The van der Waals surface area contributed by atoms with E-state index in [1.54, 1.807) is 19.1 Å². The Morgan fingerprint density at radius 2 is 1.83 bits per heavy atom. The molecule has 5 N–H and O–H groups in total. The van der Waals surface area contributed by atoms with Crippen LogP contribution in [0.1, 0.15) is 55.2 Å². The Kier molecular flexibility index (Phi) is 7.66. The number of nitrogens with one attached hydrogen (secondary N) is 4. The summed E-state index contributed by atoms with van der Waals surface area (Å²) < 4.78 is 63.6. The van der Waals surface area contributed by atoms with E-state index in [0.717, 1.165) is 0 Å². The Hall–Kier alpha value is -2.80. The van der Waals surface area contributed by atoms with Gasteiger partial charge in [0.25, 0.3) is 12.3 Å². The van der Waals surface area contributed by atoms with E-state index in [0.29, 0.717) is 27.7 Å². The van der Waals surface area contributed by atoms with Gasteiger partial charge in [-0.3, -0.25) is 15.6 Å². The van der Waals surface area contributed by atoms with Crippen molar-refractivity contribution in [3.05, 3.63) is 35.0 Å². The number of carbonyl (C=O) groups excluding carboxylic acids is 1. The lowest BCUT2D eigenvalue weighted by Gasteiger charge is -2.43. The van der Waals surface area contributed by atoms with Crippen LogP contribution in [-0.4, -0.2) is 51.9 Å². The number of halogens is 5. The van der Waals surface area contributed by atoms with Gasteiger partial charge in [-0.15, -0.1) is 0 Å². The molecule has 1 amide bonds. The van der Waals surface area contributed by atoms with Gasteiger partial charge in [0.2, 0.25) is 0 Å². The van der Waals surface area contributed by atoms with E-state index in [1.807, 2.05) is 20.8 Å². The van der Waals surface area contributed by atoms with Crippen molar-refractivity contribution in [2.75, 3.05) is 11.9 Å². The normalized spacial score (nSPS) is 20.1. The first-order valence-corrected chi connectivity index (χ1v) is 11.5. The van der Waals surface area contributed by atoms with Crippen LogP contribution in [0.2, 0.25) is 0 Å². The van der Waals surface area contributed by atoms with Crippen molar-refractivity contribution >= 4 is 39.8 Å². The van der Waals surface area contributed by atoms with Gasteiger partial charge < -0.3 is 15.7 Å². The Bertz CT molecular complexity index is 1160. The lowest BCUT2D eigenvalue weighted by atomic mass is 9.76. The molecule has 0 aliphatic heterocycles. The van der Waals surface area contributed by atoms with E-state index < -0.39 is 42.1 Å². The molecule has 1 aromatic carbocycles. The number of hydrogen-bond acceptors (Lipinski definition) is 5. The van der Waals surface area contributed by atoms with Gasteiger partial charge in [0.1, 0.15) is 17.8 Å². The lowest BCUT2D eigenvalue weighted by molar-refractivity contribution is -0.153. The number of benzene rings is 1. The van der Waals surface area contributed by atoms with E-state index >= 15 is 0 Å². The smallest absolute Gasteiger partial charge is 0.384 e. The molecule has 2 aromatic rings. The number of amides is 1. The maximum absolute atomic E-state index is 12.7. The molecule has 1 saturated carbocycles. The third-order valence-electron chi connectivity index (χ3n) is 5.88. The number of alkyl halides is 5. The number of carbonyl (C=O) groups is 1. The second-order valence-electron chi connectivity index (χ2n) is 10.0. The van der Waals surface area contributed by atoms with Crippen molar-refractivity contribution in [2.24, 2.45) is 0 Å². The molecule has 1 aromatic heterocycles. The van der Waals surface area contributed by atoms with Gasteiger partial charge in [-0.1, -0.05) is 20.8 Å². The minimum Gasteiger partial charge on any atom is -0.384 e. The fourth-order valence-corrected chi connectivity index (χ4v) is 4.17. The summed E-state index contributed by atoms with van der Waals surface area (Å²) >= 11 is 5.06. The summed E-state index contributed by atoms with van der Waals surface area (Å²) in [5, 5.41) is 15.4. The lowest BCUT2D eigenvalue weighted by Crippen LogP contribution is -2.61. The number of nitrogens with zero attached hydrogens (tertiary/aromatic N) is 1. The van der Waals surface area contributed by atoms with Gasteiger partial charge in [-0.25, -0.2) is 13.8 Å². The van der Waals surface area contributed by atoms with Crippen molar-refractivity contribution in [3.8, 4) is 0 Å². The number of aliphatic hydroxyl groups is 1. The summed E-state index contributed by atoms with van der Waals surface area (Å²) in [6, 6.07) is 4.21. The molecular weight excluding hydrogens is 505 g/mol. The fourth-order valence-electron chi connectivity index (χ4n) is 3.96. The van der Waals surface area contributed by atoms with Crippen LogP contribution in [0.3, 0.4) is 0 Å². The first-order chi connectivity index (χ1) is 16.5. The topological polar surface area (TPSA) is 98.3 Å². The Balaban J connectivity index is 1.76. The molecule has 1 aliphatic carbocycles. The van der Waals surface area contributed by atoms with Crippen molar-refractivity contribution in [1.82, 2.24) is 21.2 Å². The number of aromatic nitrogens is 1. The van der Waals surface area contributed by atoms with Crippen LogP contribution in [-0.2, 0) is 5.41 Å². The SMILES string of the molecule is Cc1cc(C(=O)NNC(=S)NC2CC(O)(C(F)F)C2)nc2c(C(C)(C)C)cc(NCC(F)(F)F)cc12. The maximum atomic E-state index is 12.7. The zero-order valence-electron chi connectivity index (χ0n) is 20.1. The highest BCUT2D eigenvalue weighted by atomic mass is 32.1. The summed E-state index contributed by atoms with van der Waals surface area (Å²) in [5.74, 6) is -0.624. The van der Waals surface area contributed by atoms with E-state index in [1.165, 1.54) is 6.07 Å². The van der Waals surface area contributed by atoms with Crippen LogP contribution < -0.4 is 21.5 Å². The second-order valence-corrected chi connectivity index (χ2v) is 10.4. The van der Waals surface area contributed by atoms with E-state index in [-0.39, 0.29) is 23.6 Å². The number of aryl methyl sites for hydroxylation is 1. The van der Waals surface area contributed by atoms with Crippen molar-refractivity contribution < 1.29 is 31.9 Å².